The van der Waals surface area contributed by atoms with E-state index in [1.807, 2.05) is 6.20 Å². The topological polar surface area (TPSA) is 44.8 Å². The molecule has 2 atom stereocenters. The smallest absolute Gasteiger partial charge is 0.142 e. The normalized spacial score (nSPS) is 25.8. The Kier molecular flexibility index (Phi) is 3.19. The lowest BCUT2D eigenvalue weighted by Crippen LogP contribution is -2.41. The highest BCUT2D eigenvalue weighted by Gasteiger charge is 2.34. The zero-order chi connectivity index (χ0) is 14.3. The van der Waals surface area contributed by atoms with Crippen LogP contribution in [0.2, 0.25) is 0 Å². The van der Waals surface area contributed by atoms with Crippen LogP contribution in [0, 0.1) is 11.3 Å². The van der Waals surface area contributed by atoms with E-state index in [0.717, 1.165) is 22.8 Å². The van der Waals surface area contributed by atoms with Crippen LogP contribution in [0.5, 0.6) is 0 Å². The molecular formula is C16H24N4. The van der Waals surface area contributed by atoms with Gasteiger partial charge in [-0.1, -0.05) is 20.8 Å². The quantitative estimate of drug-likeness (QED) is 0.908. The van der Waals surface area contributed by atoms with E-state index in [9.17, 15) is 0 Å². The maximum atomic E-state index is 4.52. The van der Waals surface area contributed by atoms with Crippen LogP contribution in [0.3, 0.4) is 0 Å². The Hall–Kier alpha value is -1.58. The average Bonchev–Trinajstić information content (AvgIpc) is 2.83. The minimum Gasteiger partial charge on any atom is -0.356 e. The lowest BCUT2D eigenvalue weighted by atomic mass is 9.70. The first-order chi connectivity index (χ1) is 9.46. The lowest BCUT2D eigenvalue weighted by Gasteiger charge is -2.43. The molecule has 0 radical (unpaired) electrons. The van der Waals surface area contributed by atoms with Crippen LogP contribution in [-0.4, -0.2) is 28.0 Å². The summed E-state index contributed by atoms with van der Waals surface area (Å²) in [4.78, 5) is 14.3. The van der Waals surface area contributed by atoms with E-state index >= 15 is 0 Å². The number of nitrogens with zero attached hydrogens (tertiary/aromatic N) is 3. The molecule has 4 nitrogen and oxygen atoms in total. The van der Waals surface area contributed by atoms with Crippen molar-refractivity contribution in [2.24, 2.45) is 11.3 Å². The molecule has 0 spiro atoms. The molecule has 2 heterocycles. The highest BCUT2D eigenvalue weighted by atomic mass is 15.2. The third-order valence-corrected chi connectivity index (χ3v) is 4.58. The summed E-state index contributed by atoms with van der Waals surface area (Å²) in [6, 6.07) is 2.63. The van der Waals surface area contributed by atoms with Crippen LogP contribution in [0.15, 0.2) is 18.6 Å². The molecule has 0 amide bonds. The van der Waals surface area contributed by atoms with Gasteiger partial charge in [0.15, 0.2) is 0 Å². The molecule has 1 saturated carbocycles. The van der Waals surface area contributed by atoms with Crippen molar-refractivity contribution in [3.63, 3.8) is 0 Å². The summed E-state index contributed by atoms with van der Waals surface area (Å²) in [6.45, 7) is 7.14. The molecule has 0 saturated heterocycles. The van der Waals surface area contributed by atoms with Gasteiger partial charge in [-0.2, -0.15) is 0 Å². The van der Waals surface area contributed by atoms with Crippen molar-refractivity contribution >= 4 is 16.9 Å². The molecule has 1 aliphatic rings. The SMILES string of the molecule is CC1CC(N(C)c2ncnc3[nH]ccc23)CC(C)(C)C1. The molecule has 1 aliphatic carbocycles. The van der Waals surface area contributed by atoms with Crippen molar-refractivity contribution in [3.8, 4) is 0 Å². The minimum absolute atomic E-state index is 0.418. The fraction of sp³-hybridized carbons (Fsp3) is 0.625. The van der Waals surface area contributed by atoms with Crippen LogP contribution < -0.4 is 4.90 Å². The number of hydrogen-bond donors (Lipinski definition) is 1. The summed E-state index contributed by atoms with van der Waals surface area (Å²) in [6.07, 6.45) is 7.38. The average molecular weight is 272 g/mol. The molecule has 0 aromatic carbocycles. The van der Waals surface area contributed by atoms with Gasteiger partial charge in [-0.3, -0.25) is 0 Å². The third-order valence-electron chi connectivity index (χ3n) is 4.58. The fourth-order valence-electron chi connectivity index (χ4n) is 3.90. The second kappa shape index (κ2) is 4.76. The second-order valence-corrected chi connectivity index (χ2v) is 7.12. The van der Waals surface area contributed by atoms with E-state index < -0.39 is 0 Å². The Balaban J connectivity index is 1.92. The number of nitrogens with one attached hydrogen (secondary N) is 1. The number of aromatic amines is 1. The molecule has 0 bridgehead atoms. The summed E-state index contributed by atoms with van der Waals surface area (Å²) in [5, 5.41) is 1.12. The number of rotatable bonds is 2. The van der Waals surface area contributed by atoms with Crippen LogP contribution in [0.25, 0.3) is 11.0 Å². The van der Waals surface area contributed by atoms with E-state index in [-0.39, 0.29) is 0 Å². The summed E-state index contributed by atoms with van der Waals surface area (Å²) in [5.41, 5.74) is 1.34. The Morgan fingerprint density at radius 1 is 1.30 bits per heavy atom. The van der Waals surface area contributed by atoms with Crippen molar-refractivity contribution in [2.45, 2.75) is 46.1 Å². The Morgan fingerprint density at radius 2 is 2.10 bits per heavy atom. The van der Waals surface area contributed by atoms with Gasteiger partial charge in [0.05, 0.1) is 5.39 Å². The summed E-state index contributed by atoms with van der Waals surface area (Å²) in [7, 11) is 2.17. The van der Waals surface area contributed by atoms with E-state index in [2.05, 4.69) is 53.7 Å². The van der Waals surface area contributed by atoms with Gasteiger partial charge >= 0.3 is 0 Å². The minimum atomic E-state index is 0.418. The number of aromatic nitrogens is 3. The monoisotopic (exact) mass is 272 g/mol. The molecule has 2 aromatic rings. The van der Waals surface area contributed by atoms with Crippen molar-refractivity contribution in [2.75, 3.05) is 11.9 Å². The van der Waals surface area contributed by atoms with Crippen molar-refractivity contribution < 1.29 is 0 Å². The van der Waals surface area contributed by atoms with Crippen LogP contribution in [0.4, 0.5) is 5.82 Å². The predicted octanol–water partition coefficient (Wildman–Crippen LogP) is 3.61. The fourth-order valence-corrected chi connectivity index (χ4v) is 3.90. The second-order valence-electron chi connectivity index (χ2n) is 7.12. The molecule has 20 heavy (non-hydrogen) atoms. The Labute approximate surface area is 120 Å². The van der Waals surface area contributed by atoms with E-state index in [1.54, 1.807) is 6.33 Å². The highest BCUT2D eigenvalue weighted by molar-refractivity contribution is 5.87. The van der Waals surface area contributed by atoms with Crippen LogP contribution in [-0.2, 0) is 0 Å². The van der Waals surface area contributed by atoms with E-state index in [4.69, 9.17) is 0 Å². The predicted molar refractivity (Wildman–Crippen MR) is 82.9 cm³/mol. The Bertz CT molecular complexity index is 601. The number of hydrogen-bond acceptors (Lipinski definition) is 3. The van der Waals surface area contributed by atoms with Crippen molar-refractivity contribution in [3.05, 3.63) is 18.6 Å². The van der Waals surface area contributed by atoms with Gasteiger partial charge < -0.3 is 9.88 Å². The zero-order valence-electron chi connectivity index (χ0n) is 12.8. The molecule has 1 N–H and O–H groups in total. The standard InChI is InChI=1S/C16H24N4/c1-11-7-12(9-16(2,3)8-11)20(4)15-13-5-6-17-14(13)18-10-19-15/h5-6,10-12H,7-9H2,1-4H3,(H,17,18,19). The van der Waals surface area contributed by atoms with Gasteiger partial charge in [0, 0.05) is 19.3 Å². The lowest BCUT2D eigenvalue weighted by molar-refractivity contribution is 0.167. The van der Waals surface area contributed by atoms with Gasteiger partial charge in [0.2, 0.25) is 0 Å². The van der Waals surface area contributed by atoms with Gasteiger partial charge in [0.25, 0.3) is 0 Å². The molecule has 0 aliphatic heterocycles. The number of fused-ring (bicyclic) bond motifs is 1. The third kappa shape index (κ3) is 2.39. The maximum Gasteiger partial charge on any atom is 0.142 e. The summed E-state index contributed by atoms with van der Waals surface area (Å²) >= 11 is 0. The molecule has 3 rings (SSSR count). The van der Waals surface area contributed by atoms with Crippen molar-refractivity contribution in [1.82, 2.24) is 15.0 Å². The molecule has 2 unspecified atom stereocenters. The van der Waals surface area contributed by atoms with Crippen molar-refractivity contribution in [1.29, 1.82) is 0 Å². The van der Waals surface area contributed by atoms with Gasteiger partial charge in [0.1, 0.15) is 17.8 Å². The van der Waals surface area contributed by atoms with Gasteiger partial charge in [-0.05, 0) is 36.7 Å². The number of H-pyrrole nitrogens is 1. The zero-order valence-corrected chi connectivity index (χ0v) is 12.8. The van der Waals surface area contributed by atoms with Crippen LogP contribution >= 0.6 is 0 Å². The Morgan fingerprint density at radius 3 is 2.85 bits per heavy atom. The summed E-state index contributed by atoms with van der Waals surface area (Å²) < 4.78 is 0. The molecule has 108 valence electrons. The largest absolute Gasteiger partial charge is 0.356 e. The van der Waals surface area contributed by atoms with Crippen LogP contribution in [0.1, 0.15) is 40.0 Å². The molecule has 2 aromatic heterocycles. The summed E-state index contributed by atoms with van der Waals surface area (Å²) in [5.74, 6) is 1.82. The maximum absolute atomic E-state index is 4.52. The van der Waals surface area contributed by atoms with Gasteiger partial charge in [-0.15, -0.1) is 0 Å². The first-order valence-corrected chi connectivity index (χ1v) is 7.47. The first kappa shape index (κ1) is 13.4. The first-order valence-electron chi connectivity index (χ1n) is 7.47. The van der Waals surface area contributed by atoms with E-state index in [0.29, 0.717) is 11.5 Å². The number of anilines is 1. The van der Waals surface area contributed by atoms with Gasteiger partial charge in [-0.25, -0.2) is 9.97 Å². The molecule has 4 heteroatoms. The highest BCUT2D eigenvalue weighted by Crippen LogP contribution is 2.41. The molecular weight excluding hydrogens is 248 g/mol. The van der Waals surface area contributed by atoms with E-state index in [1.165, 1.54) is 19.3 Å². The molecule has 1 fully saturated rings.